The second-order valence-electron chi connectivity index (χ2n) is 2.07. The molecule has 0 aromatic carbocycles. The van der Waals surface area contributed by atoms with Gasteiger partial charge in [0.15, 0.2) is 0 Å². The number of esters is 1. The highest BCUT2D eigenvalue weighted by Gasteiger charge is 2.08. The minimum absolute atomic E-state index is 0.0421. The number of ether oxygens (including phenoxy) is 1. The van der Waals surface area contributed by atoms with E-state index in [2.05, 4.69) is 14.7 Å². The second kappa shape index (κ2) is 3.77. The molecule has 0 atom stereocenters. The molecule has 5 heteroatoms. The van der Waals surface area contributed by atoms with Crippen molar-refractivity contribution < 1.29 is 9.53 Å². The average molecular weight is 167 g/mol. The molecule has 0 unspecified atom stereocenters. The summed E-state index contributed by atoms with van der Waals surface area (Å²) < 4.78 is 4.43. The van der Waals surface area contributed by atoms with Gasteiger partial charge in [-0.05, 0) is 6.07 Å². The lowest BCUT2D eigenvalue weighted by molar-refractivity contribution is 0.0586. The molecule has 0 amide bonds. The first kappa shape index (κ1) is 8.61. The lowest BCUT2D eigenvalue weighted by Crippen LogP contribution is -2.10. The van der Waals surface area contributed by atoms with Crippen LogP contribution in [0.1, 0.15) is 16.3 Å². The summed E-state index contributed by atoms with van der Waals surface area (Å²) >= 11 is 0. The molecule has 0 saturated carbocycles. The summed E-state index contributed by atoms with van der Waals surface area (Å²) in [5, 5.41) is 0. The van der Waals surface area contributed by atoms with E-state index < -0.39 is 5.97 Å². The molecule has 64 valence electrons. The van der Waals surface area contributed by atoms with Gasteiger partial charge in [0.1, 0.15) is 0 Å². The van der Waals surface area contributed by atoms with Crippen LogP contribution >= 0.6 is 0 Å². The van der Waals surface area contributed by atoms with Gasteiger partial charge < -0.3 is 10.5 Å². The van der Waals surface area contributed by atoms with Gasteiger partial charge in [-0.25, -0.2) is 14.8 Å². The summed E-state index contributed by atoms with van der Waals surface area (Å²) in [6, 6.07) is 1.65. The summed E-state index contributed by atoms with van der Waals surface area (Å²) in [5.41, 5.74) is 5.93. The lowest BCUT2D eigenvalue weighted by atomic mass is 10.4. The van der Waals surface area contributed by atoms with Crippen LogP contribution in [0.15, 0.2) is 12.3 Å². The molecular weight excluding hydrogens is 158 g/mol. The maximum absolute atomic E-state index is 10.9. The Kier molecular flexibility index (Phi) is 2.71. The molecule has 2 N–H and O–H groups in total. The molecular formula is C7H9N3O2. The third kappa shape index (κ3) is 1.76. The molecule has 0 aliphatic rings. The van der Waals surface area contributed by atoms with Crippen molar-refractivity contribution in [1.82, 2.24) is 9.97 Å². The molecule has 0 saturated heterocycles. The van der Waals surface area contributed by atoms with Gasteiger partial charge in [-0.3, -0.25) is 0 Å². The van der Waals surface area contributed by atoms with E-state index in [1.165, 1.54) is 13.3 Å². The van der Waals surface area contributed by atoms with E-state index in [-0.39, 0.29) is 12.4 Å². The van der Waals surface area contributed by atoms with E-state index >= 15 is 0 Å². The largest absolute Gasteiger partial charge is 0.463 e. The number of nitrogens with zero attached hydrogens (tertiary/aromatic N) is 2. The Labute approximate surface area is 69.6 Å². The zero-order valence-corrected chi connectivity index (χ0v) is 6.65. The van der Waals surface area contributed by atoms with E-state index in [9.17, 15) is 4.79 Å². The van der Waals surface area contributed by atoms with Crippen molar-refractivity contribution >= 4 is 5.97 Å². The Morgan fingerprint density at radius 3 is 3.08 bits per heavy atom. The zero-order valence-electron chi connectivity index (χ0n) is 6.65. The maximum atomic E-state index is 10.9. The van der Waals surface area contributed by atoms with Crippen LogP contribution in [0.4, 0.5) is 0 Å². The Balaban J connectivity index is 2.93. The molecule has 0 radical (unpaired) electrons. The minimum atomic E-state index is -0.551. The van der Waals surface area contributed by atoms with Gasteiger partial charge in [-0.1, -0.05) is 0 Å². The van der Waals surface area contributed by atoms with Crippen LogP contribution in [0.25, 0.3) is 0 Å². The number of carbonyl (C=O) groups excluding carboxylic acids is 1. The van der Waals surface area contributed by atoms with Crippen molar-refractivity contribution in [3.8, 4) is 0 Å². The Bertz CT molecular complexity index is 288. The normalized spacial score (nSPS) is 9.50. The molecule has 12 heavy (non-hydrogen) atoms. The third-order valence-corrected chi connectivity index (χ3v) is 1.29. The molecule has 0 aliphatic carbocycles. The first-order chi connectivity index (χ1) is 5.77. The summed E-state index contributed by atoms with van der Waals surface area (Å²) in [4.78, 5) is 18.5. The molecule has 1 aromatic heterocycles. The highest BCUT2D eigenvalue weighted by Crippen LogP contribution is 1.95. The summed E-state index contributed by atoms with van der Waals surface area (Å²) in [7, 11) is 1.28. The monoisotopic (exact) mass is 167 g/mol. The molecule has 1 heterocycles. The minimum Gasteiger partial charge on any atom is -0.463 e. The smallest absolute Gasteiger partial charge is 0.376 e. The Hall–Kier alpha value is -1.49. The predicted octanol–water partition coefficient (Wildman–Crippen LogP) is -0.278. The number of nitrogens with two attached hydrogens (primary N) is 1. The van der Waals surface area contributed by atoms with Crippen LogP contribution in [-0.4, -0.2) is 23.0 Å². The SMILES string of the molecule is COC(=O)c1nccc(CN)n1. The van der Waals surface area contributed by atoms with E-state index in [4.69, 9.17) is 5.73 Å². The molecule has 0 bridgehead atoms. The van der Waals surface area contributed by atoms with Crippen LogP contribution in [0, 0.1) is 0 Å². The standard InChI is InChI=1S/C7H9N3O2/c1-12-7(11)6-9-3-2-5(4-8)10-6/h2-3H,4,8H2,1H3. The van der Waals surface area contributed by atoms with E-state index in [1.54, 1.807) is 6.07 Å². The summed E-state index contributed by atoms with van der Waals surface area (Å²) in [6.07, 6.45) is 1.47. The fourth-order valence-corrected chi connectivity index (χ4v) is 0.699. The van der Waals surface area contributed by atoms with Gasteiger partial charge in [0, 0.05) is 12.7 Å². The van der Waals surface area contributed by atoms with Gasteiger partial charge in [-0.15, -0.1) is 0 Å². The van der Waals surface area contributed by atoms with Gasteiger partial charge in [0.25, 0.3) is 0 Å². The Morgan fingerprint density at radius 2 is 2.50 bits per heavy atom. The van der Waals surface area contributed by atoms with E-state index in [0.717, 1.165) is 0 Å². The maximum Gasteiger partial charge on any atom is 0.376 e. The van der Waals surface area contributed by atoms with E-state index in [0.29, 0.717) is 5.69 Å². The van der Waals surface area contributed by atoms with Crippen molar-refractivity contribution in [3.05, 3.63) is 23.8 Å². The number of methoxy groups -OCH3 is 1. The molecule has 0 aliphatic heterocycles. The van der Waals surface area contributed by atoms with Crippen LogP contribution in [0.3, 0.4) is 0 Å². The van der Waals surface area contributed by atoms with Crippen molar-refractivity contribution in [1.29, 1.82) is 0 Å². The van der Waals surface area contributed by atoms with Crippen molar-refractivity contribution in [3.63, 3.8) is 0 Å². The fourth-order valence-electron chi connectivity index (χ4n) is 0.699. The topological polar surface area (TPSA) is 78.1 Å². The quantitative estimate of drug-likeness (QED) is 0.613. The average Bonchev–Trinajstić information content (AvgIpc) is 2.17. The highest BCUT2D eigenvalue weighted by atomic mass is 16.5. The van der Waals surface area contributed by atoms with Crippen molar-refractivity contribution in [2.24, 2.45) is 5.73 Å². The van der Waals surface area contributed by atoms with Gasteiger partial charge in [0.05, 0.1) is 12.8 Å². The lowest BCUT2D eigenvalue weighted by Gasteiger charge is -1.98. The van der Waals surface area contributed by atoms with Gasteiger partial charge >= 0.3 is 5.97 Å². The summed E-state index contributed by atoms with van der Waals surface area (Å²) in [5.74, 6) is -0.509. The number of hydrogen-bond acceptors (Lipinski definition) is 5. The molecule has 5 nitrogen and oxygen atoms in total. The Morgan fingerprint density at radius 1 is 1.75 bits per heavy atom. The van der Waals surface area contributed by atoms with Gasteiger partial charge in [-0.2, -0.15) is 0 Å². The summed E-state index contributed by atoms with van der Waals surface area (Å²) in [6.45, 7) is 0.284. The number of carbonyl (C=O) groups is 1. The molecule has 0 spiro atoms. The number of rotatable bonds is 2. The second-order valence-corrected chi connectivity index (χ2v) is 2.07. The molecule has 1 rings (SSSR count). The first-order valence-electron chi connectivity index (χ1n) is 3.38. The van der Waals surface area contributed by atoms with Crippen molar-refractivity contribution in [2.45, 2.75) is 6.54 Å². The zero-order chi connectivity index (χ0) is 8.97. The number of hydrogen-bond donors (Lipinski definition) is 1. The molecule has 0 fully saturated rings. The first-order valence-corrected chi connectivity index (χ1v) is 3.38. The molecule has 1 aromatic rings. The van der Waals surface area contributed by atoms with E-state index in [1.807, 2.05) is 0 Å². The predicted molar refractivity (Wildman–Crippen MR) is 41.3 cm³/mol. The van der Waals surface area contributed by atoms with Crippen LogP contribution in [0.5, 0.6) is 0 Å². The third-order valence-electron chi connectivity index (χ3n) is 1.29. The fraction of sp³-hybridized carbons (Fsp3) is 0.286. The highest BCUT2D eigenvalue weighted by molar-refractivity contribution is 5.84. The van der Waals surface area contributed by atoms with Crippen LogP contribution < -0.4 is 5.73 Å². The van der Waals surface area contributed by atoms with Crippen LogP contribution in [-0.2, 0) is 11.3 Å². The van der Waals surface area contributed by atoms with Gasteiger partial charge in [0.2, 0.25) is 5.82 Å². The van der Waals surface area contributed by atoms with Crippen molar-refractivity contribution in [2.75, 3.05) is 7.11 Å². The number of aromatic nitrogens is 2. The van der Waals surface area contributed by atoms with Crippen LogP contribution in [0.2, 0.25) is 0 Å².